The lowest BCUT2D eigenvalue weighted by Gasteiger charge is -2.22. The molecule has 0 bridgehead atoms. The van der Waals surface area contributed by atoms with Gasteiger partial charge in [0.05, 0.1) is 24.9 Å². The number of benzene rings is 1. The average molecular weight is 241 g/mol. The van der Waals surface area contributed by atoms with Gasteiger partial charge in [0.25, 0.3) is 0 Å². The van der Waals surface area contributed by atoms with Crippen LogP contribution in [0.1, 0.15) is 11.9 Å². The van der Waals surface area contributed by atoms with Gasteiger partial charge < -0.3 is 10.1 Å². The van der Waals surface area contributed by atoms with Gasteiger partial charge in [-0.15, -0.1) is 0 Å². The number of nitrogens with zero attached hydrogens (tertiary/aromatic N) is 2. The highest BCUT2D eigenvalue weighted by Crippen LogP contribution is 2.18. The maximum absolute atomic E-state index is 5.44. The summed E-state index contributed by atoms with van der Waals surface area (Å²) in [7, 11) is 0. The number of nitrogens with one attached hydrogen (secondary N) is 1. The van der Waals surface area contributed by atoms with Crippen LogP contribution in [-0.4, -0.2) is 29.7 Å². The second-order valence-corrected chi connectivity index (χ2v) is 4.25. The zero-order chi connectivity index (χ0) is 12.2. The molecule has 1 N–H and O–H groups in total. The Balaban J connectivity index is 1.89. The van der Waals surface area contributed by atoms with Crippen LogP contribution in [0.2, 0.25) is 0 Å². The maximum Gasteiger partial charge on any atom is 0.148 e. The molecule has 1 aromatic heterocycles. The Labute approximate surface area is 106 Å². The Kier molecular flexibility index (Phi) is 3.30. The molecular formula is C14H15N3O. The smallest absolute Gasteiger partial charge is 0.148 e. The predicted molar refractivity (Wildman–Crippen MR) is 69.0 cm³/mol. The van der Waals surface area contributed by atoms with E-state index in [9.17, 15) is 0 Å². The molecular weight excluding hydrogens is 226 g/mol. The van der Waals surface area contributed by atoms with Crippen molar-refractivity contribution >= 4 is 0 Å². The number of hydrogen-bond acceptors (Lipinski definition) is 4. The molecule has 3 rings (SSSR count). The van der Waals surface area contributed by atoms with Gasteiger partial charge in [-0.3, -0.25) is 0 Å². The molecule has 92 valence electrons. The molecule has 1 aromatic carbocycles. The predicted octanol–water partition coefficient (Wildman–Crippen LogP) is 1.80. The van der Waals surface area contributed by atoms with E-state index in [-0.39, 0.29) is 6.04 Å². The average Bonchev–Trinajstić information content (AvgIpc) is 2.49. The first kappa shape index (κ1) is 11.3. The van der Waals surface area contributed by atoms with Crippen LogP contribution >= 0.6 is 0 Å². The Morgan fingerprint density at radius 3 is 2.83 bits per heavy atom. The van der Waals surface area contributed by atoms with Crippen molar-refractivity contribution in [3.63, 3.8) is 0 Å². The molecule has 1 unspecified atom stereocenters. The van der Waals surface area contributed by atoms with Crippen LogP contribution in [0.15, 0.2) is 42.6 Å². The van der Waals surface area contributed by atoms with Gasteiger partial charge in [-0.1, -0.05) is 30.3 Å². The van der Waals surface area contributed by atoms with Crippen molar-refractivity contribution in [2.75, 3.05) is 19.8 Å². The van der Waals surface area contributed by atoms with Gasteiger partial charge in [-0.2, -0.15) is 0 Å². The van der Waals surface area contributed by atoms with Crippen LogP contribution < -0.4 is 5.32 Å². The molecule has 1 saturated heterocycles. The van der Waals surface area contributed by atoms with E-state index in [2.05, 4.69) is 27.4 Å². The second-order valence-electron chi connectivity index (χ2n) is 4.25. The van der Waals surface area contributed by atoms with E-state index >= 15 is 0 Å². The van der Waals surface area contributed by atoms with Crippen molar-refractivity contribution < 1.29 is 4.74 Å². The SMILES string of the molecule is c1ccc(-c2ccnc(C3COCCN3)n2)cc1. The second kappa shape index (κ2) is 5.25. The lowest BCUT2D eigenvalue weighted by molar-refractivity contribution is 0.0742. The van der Waals surface area contributed by atoms with E-state index in [1.54, 1.807) is 6.20 Å². The van der Waals surface area contributed by atoms with Crippen LogP contribution in [0.25, 0.3) is 11.3 Å². The molecule has 0 aliphatic carbocycles. The van der Waals surface area contributed by atoms with Gasteiger partial charge >= 0.3 is 0 Å². The third-order valence-electron chi connectivity index (χ3n) is 2.98. The standard InChI is InChI=1S/C14H15N3O/c1-2-4-11(5-3-1)12-6-7-16-14(17-12)13-10-18-9-8-15-13/h1-7,13,15H,8-10H2. The van der Waals surface area contributed by atoms with Gasteiger partial charge in [0.2, 0.25) is 0 Å². The highest BCUT2D eigenvalue weighted by atomic mass is 16.5. The Morgan fingerprint density at radius 1 is 1.17 bits per heavy atom. The molecule has 0 saturated carbocycles. The first-order chi connectivity index (χ1) is 8.93. The number of rotatable bonds is 2. The Hall–Kier alpha value is -1.78. The summed E-state index contributed by atoms with van der Waals surface area (Å²) < 4.78 is 5.44. The molecule has 1 fully saturated rings. The van der Waals surface area contributed by atoms with Gasteiger partial charge in [-0.05, 0) is 6.07 Å². The fourth-order valence-electron chi connectivity index (χ4n) is 2.04. The van der Waals surface area contributed by atoms with E-state index in [1.165, 1.54) is 0 Å². The fraction of sp³-hybridized carbons (Fsp3) is 0.286. The third-order valence-corrected chi connectivity index (χ3v) is 2.98. The minimum Gasteiger partial charge on any atom is -0.378 e. The summed E-state index contributed by atoms with van der Waals surface area (Å²) in [4.78, 5) is 8.95. The van der Waals surface area contributed by atoms with E-state index in [0.29, 0.717) is 6.61 Å². The van der Waals surface area contributed by atoms with E-state index in [1.807, 2.05) is 24.3 Å². The maximum atomic E-state index is 5.44. The summed E-state index contributed by atoms with van der Waals surface area (Å²) in [5.74, 6) is 0.802. The van der Waals surface area contributed by atoms with E-state index < -0.39 is 0 Å². The van der Waals surface area contributed by atoms with Crippen molar-refractivity contribution in [1.82, 2.24) is 15.3 Å². The van der Waals surface area contributed by atoms with Crippen molar-refractivity contribution in [3.05, 3.63) is 48.4 Å². The van der Waals surface area contributed by atoms with Gasteiger partial charge in [0.15, 0.2) is 0 Å². The summed E-state index contributed by atoms with van der Waals surface area (Å²) in [6.45, 7) is 2.25. The van der Waals surface area contributed by atoms with Crippen molar-refractivity contribution in [2.45, 2.75) is 6.04 Å². The number of ether oxygens (including phenoxy) is 1. The Bertz CT molecular complexity index is 509. The largest absolute Gasteiger partial charge is 0.378 e. The summed E-state index contributed by atoms with van der Waals surface area (Å²) in [5.41, 5.74) is 2.06. The lowest BCUT2D eigenvalue weighted by atomic mass is 10.1. The fourth-order valence-corrected chi connectivity index (χ4v) is 2.04. The van der Waals surface area contributed by atoms with Crippen molar-refractivity contribution in [3.8, 4) is 11.3 Å². The number of morpholine rings is 1. The van der Waals surface area contributed by atoms with E-state index in [4.69, 9.17) is 4.74 Å². The zero-order valence-electron chi connectivity index (χ0n) is 10.0. The van der Waals surface area contributed by atoms with Crippen molar-refractivity contribution in [2.24, 2.45) is 0 Å². The molecule has 0 amide bonds. The lowest BCUT2D eigenvalue weighted by Crippen LogP contribution is -2.35. The van der Waals surface area contributed by atoms with Crippen LogP contribution in [-0.2, 0) is 4.74 Å². The normalized spacial score (nSPS) is 19.7. The molecule has 2 heterocycles. The molecule has 18 heavy (non-hydrogen) atoms. The van der Waals surface area contributed by atoms with Crippen LogP contribution in [0.4, 0.5) is 0 Å². The highest BCUT2D eigenvalue weighted by molar-refractivity contribution is 5.58. The first-order valence-corrected chi connectivity index (χ1v) is 6.13. The zero-order valence-corrected chi connectivity index (χ0v) is 10.0. The molecule has 4 heteroatoms. The van der Waals surface area contributed by atoms with E-state index in [0.717, 1.165) is 30.2 Å². The van der Waals surface area contributed by atoms with Crippen LogP contribution in [0, 0.1) is 0 Å². The monoisotopic (exact) mass is 241 g/mol. The van der Waals surface area contributed by atoms with Crippen molar-refractivity contribution in [1.29, 1.82) is 0 Å². The number of aromatic nitrogens is 2. The molecule has 2 aromatic rings. The quantitative estimate of drug-likeness (QED) is 0.871. The highest BCUT2D eigenvalue weighted by Gasteiger charge is 2.18. The van der Waals surface area contributed by atoms with Crippen LogP contribution in [0.5, 0.6) is 0 Å². The summed E-state index contributed by atoms with van der Waals surface area (Å²) in [6.07, 6.45) is 1.81. The van der Waals surface area contributed by atoms with Crippen LogP contribution in [0.3, 0.4) is 0 Å². The first-order valence-electron chi connectivity index (χ1n) is 6.13. The minimum absolute atomic E-state index is 0.0995. The molecule has 1 aliphatic rings. The van der Waals surface area contributed by atoms with Gasteiger partial charge in [0, 0.05) is 18.3 Å². The summed E-state index contributed by atoms with van der Waals surface area (Å²) >= 11 is 0. The molecule has 0 spiro atoms. The molecule has 1 atom stereocenters. The molecule has 1 aliphatic heterocycles. The summed E-state index contributed by atoms with van der Waals surface area (Å²) in [6, 6.07) is 12.2. The summed E-state index contributed by atoms with van der Waals surface area (Å²) in [5, 5.41) is 3.36. The van der Waals surface area contributed by atoms with Gasteiger partial charge in [-0.25, -0.2) is 9.97 Å². The van der Waals surface area contributed by atoms with Gasteiger partial charge in [0.1, 0.15) is 5.82 Å². The molecule has 4 nitrogen and oxygen atoms in total. The molecule has 0 radical (unpaired) electrons. The topological polar surface area (TPSA) is 47.0 Å². The Morgan fingerprint density at radius 2 is 2.06 bits per heavy atom. The number of hydrogen-bond donors (Lipinski definition) is 1. The third kappa shape index (κ3) is 2.39. The minimum atomic E-state index is 0.0995.